The molecule has 0 saturated carbocycles. The van der Waals surface area contributed by atoms with Crippen LogP contribution in [0.4, 0.5) is 5.69 Å². The maximum atomic E-state index is 12.1. The van der Waals surface area contributed by atoms with E-state index in [1.54, 1.807) is 19.1 Å². The molecule has 2 N–H and O–H groups in total. The van der Waals surface area contributed by atoms with E-state index < -0.39 is 0 Å². The Hall–Kier alpha value is -1.08. The zero-order valence-electron chi connectivity index (χ0n) is 10.1. The molecule has 0 spiro atoms. The number of aryl methyl sites for hydroxylation is 1. The molecule has 0 atom stereocenters. The Morgan fingerprint density at radius 1 is 1.26 bits per heavy atom. The lowest BCUT2D eigenvalue weighted by atomic mass is 10.1. The zero-order chi connectivity index (χ0) is 14.0. The molecular formula is C14H11BrINO2. The second-order valence-electron chi connectivity index (χ2n) is 4.08. The molecule has 0 fully saturated rings. The molecule has 0 aliphatic heterocycles. The largest absolute Gasteiger partial charge is 0.508 e. The minimum absolute atomic E-state index is 0.158. The van der Waals surface area contributed by atoms with Crippen LogP contribution in [0.25, 0.3) is 0 Å². The summed E-state index contributed by atoms with van der Waals surface area (Å²) in [5, 5.41) is 12.2. The number of nitrogens with one attached hydrogen (secondary N) is 1. The van der Waals surface area contributed by atoms with E-state index in [2.05, 4.69) is 43.8 Å². The number of hydrogen-bond donors (Lipinski definition) is 2. The van der Waals surface area contributed by atoms with E-state index in [1.807, 2.05) is 18.2 Å². The van der Waals surface area contributed by atoms with Gasteiger partial charge in [-0.2, -0.15) is 0 Å². The highest BCUT2D eigenvalue weighted by atomic mass is 127. The number of amides is 1. The van der Waals surface area contributed by atoms with Crippen LogP contribution in [-0.4, -0.2) is 11.0 Å². The van der Waals surface area contributed by atoms with E-state index in [0.717, 1.165) is 19.3 Å². The lowest BCUT2D eigenvalue weighted by Crippen LogP contribution is -2.13. The number of anilines is 1. The summed E-state index contributed by atoms with van der Waals surface area (Å²) in [6.07, 6.45) is 0. The maximum absolute atomic E-state index is 12.1. The molecule has 0 unspecified atom stereocenters. The van der Waals surface area contributed by atoms with Crippen molar-refractivity contribution >= 4 is 50.1 Å². The van der Waals surface area contributed by atoms with E-state index in [9.17, 15) is 9.90 Å². The fraction of sp³-hybridized carbons (Fsp3) is 0.0714. The fourth-order valence-electron chi connectivity index (χ4n) is 1.67. The third-order valence-electron chi connectivity index (χ3n) is 2.63. The number of aromatic hydroxyl groups is 1. The van der Waals surface area contributed by atoms with Crippen LogP contribution < -0.4 is 5.32 Å². The van der Waals surface area contributed by atoms with Crippen LogP contribution in [0.5, 0.6) is 5.75 Å². The van der Waals surface area contributed by atoms with Crippen LogP contribution in [0.3, 0.4) is 0 Å². The minimum atomic E-state index is -0.189. The van der Waals surface area contributed by atoms with E-state index in [-0.39, 0.29) is 11.7 Å². The smallest absolute Gasteiger partial charge is 0.255 e. The molecule has 1 amide bonds. The van der Waals surface area contributed by atoms with Crippen molar-refractivity contribution in [3.05, 3.63) is 55.6 Å². The van der Waals surface area contributed by atoms with Crippen LogP contribution >= 0.6 is 38.5 Å². The molecule has 98 valence electrons. The van der Waals surface area contributed by atoms with Gasteiger partial charge in [-0.05, 0) is 87.4 Å². The number of phenols is 1. The number of halogens is 2. The van der Waals surface area contributed by atoms with Gasteiger partial charge < -0.3 is 10.4 Å². The standard InChI is InChI=1S/C14H11BrINO2/c1-8-6-10(18)3-4-11(8)14(19)17-9-2-5-13(16)12(15)7-9/h2-7,18H,1H3,(H,17,19). The van der Waals surface area contributed by atoms with E-state index in [4.69, 9.17) is 0 Å². The molecule has 0 heterocycles. The highest BCUT2D eigenvalue weighted by Crippen LogP contribution is 2.24. The number of phenolic OH excluding ortho intramolecular Hbond substituents is 1. The molecule has 0 aliphatic carbocycles. The molecular weight excluding hydrogens is 421 g/mol. The maximum Gasteiger partial charge on any atom is 0.255 e. The van der Waals surface area contributed by atoms with Crippen molar-refractivity contribution in [3.63, 3.8) is 0 Å². The summed E-state index contributed by atoms with van der Waals surface area (Å²) < 4.78 is 2.02. The first kappa shape index (κ1) is 14.3. The predicted octanol–water partition coefficient (Wildman–Crippen LogP) is 4.32. The highest BCUT2D eigenvalue weighted by Gasteiger charge is 2.10. The topological polar surface area (TPSA) is 49.3 Å². The van der Waals surface area contributed by atoms with Crippen molar-refractivity contribution in [1.82, 2.24) is 0 Å². The highest BCUT2D eigenvalue weighted by molar-refractivity contribution is 14.1. The Bertz CT molecular complexity index is 643. The SMILES string of the molecule is Cc1cc(O)ccc1C(=O)Nc1ccc(I)c(Br)c1. The molecule has 0 aliphatic rings. The molecule has 0 saturated heterocycles. The molecule has 2 rings (SSSR count). The Balaban J connectivity index is 2.23. The van der Waals surface area contributed by atoms with E-state index >= 15 is 0 Å². The molecule has 2 aromatic carbocycles. The number of carbonyl (C=O) groups is 1. The van der Waals surface area contributed by atoms with Crippen LogP contribution in [0.2, 0.25) is 0 Å². The summed E-state index contributed by atoms with van der Waals surface area (Å²) in [7, 11) is 0. The molecule has 19 heavy (non-hydrogen) atoms. The summed E-state index contributed by atoms with van der Waals surface area (Å²) in [4.78, 5) is 12.1. The van der Waals surface area contributed by atoms with Gasteiger partial charge in [0.05, 0.1) is 0 Å². The molecule has 0 radical (unpaired) electrons. The number of rotatable bonds is 2. The van der Waals surface area contributed by atoms with Crippen molar-refractivity contribution in [2.45, 2.75) is 6.92 Å². The second kappa shape index (κ2) is 5.92. The van der Waals surface area contributed by atoms with Gasteiger partial charge in [0, 0.05) is 19.3 Å². The minimum Gasteiger partial charge on any atom is -0.508 e. The van der Waals surface area contributed by atoms with Gasteiger partial charge in [0.25, 0.3) is 5.91 Å². The second-order valence-corrected chi connectivity index (χ2v) is 6.10. The lowest BCUT2D eigenvalue weighted by Gasteiger charge is -2.09. The van der Waals surface area contributed by atoms with E-state index in [0.29, 0.717) is 5.56 Å². The molecule has 0 bridgehead atoms. The summed E-state index contributed by atoms with van der Waals surface area (Å²) in [5.41, 5.74) is 2.01. The van der Waals surface area contributed by atoms with Gasteiger partial charge in [-0.25, -0.2) is 0 Å². The third kappa shape index (κ3) is 3.48. The lowest BCUT2D eigenvalue weighted by molar-refractivity contribution is 0.102. The average molecular weight is 432 g/mol. The van der Waals surface area contributed by atoms with Crippen molar-refractivity contribution in [3.8, 4) is 5.75 Å². The van der Waals surface area contributed by atoms with Crippen molar-refractivity contribution < 1.29 is 9.90 Å². The van der Waals surface area contributed by atoms with Gasteiger partial charge in [-0.15, -0.1) is 0 Å². The number of benzene rings is 2. The Morgan fingerprint density at radius 2 is 2.00 bits per heavy atom. The van der Waals surface area contributed by atoms with Gasteiger partial charge in [0.1, 0.15) is 5.75 Å². The summed E-state index contributed by atoms with van der Waals surface area (Å²) in [5.74, 6) is -0.0309. The molecule has 5 heteroatoms. The first-order valence-electron chi connectivity index (χ1n) is 5.53. The third-order valence-corrected chi connectivity index (χ3v) is 4.97. The first-order chi connectivity index (χ1) is 8.97. The van der Waals surface area contributed by atoms with Gasteiger partial charge in [-0.3, -0.25) is 4.79 Å². The van der Waals surface area contributed by atoms with Crippen LogP contribution in [0.1, 0.15) is 15.9 Å². The van der Waals surface area contributed by atoms with Crippen LogP contribution in [-0.2, 0) is 0 Å². The Morgan fingerprint density at radius 3 is 2.63 bits per heavy atom. The van der Waals surface area contributed by atoms with Gasteiger partial charge in [0.2, 0.25) is 0 Å². The molecule has 3 nitrogen and oxygen atoms in total. The predicted molar refractivity (Wildman–Crippen MR) is 87.7 cm³/mol. The number of hydrogen-bond acceptors (Lipinski definition) is 2. The number of carbonyl (C=O) groups excluding carboxylic acids is 1. The van der Waals surface area contributed by atoms with Crippen molar-refractivity contribution in [1.29, 1.82) is 0 Å². The quantitative estimate of drug-likeness (QED) is 0.695. The Kier molecular flexibility index (Phi) is 4.46. The van der Waals surface area contributed by atoms with Crippen LogP contribution in [0, 0.1) is 10.5 Å². The van der Waals surface area contributed by atoms with E-state index in [1.165, 1.54) is 6.07 Å². The van der Waals surface area contributed by atoms with Crippen molar-refractivity contribution in [2.75, 3.05) is 5.32 Å². The fourth-order valence-corrected chi connectivity index (χ4v) is 2.39. The normalized spacial score (nSPS) is 10.3. The van der Waals surface area contributed by atoms with Crippen LogP contribution in [0.15, 0.2) is 40.9 Å². The summed E-state index contributed by atoms with van der Waals surface area (Å²) in [6, 6.07) is 10.3. The van der Waals surface area contributed by atoms with Gasteiger partial charge in [-0.1, -0.05) is 0 Å². The molecule has 2 aromatic rings. The van der Waals surface area contributed by atoms with Gasteiger partial charge >= 0.3 is 0 Å². The summed E-state index contributed by atoms with van der Waals surface area (Å²) >= 11 is 5.63. The van der Waals surface area contributed by atoms with Crippen molar-refractivity contribution in [2.24, 2.45) is 0 Å². The average Bonchev–Trinajstić information content (AvgIpc) is 2.33. The summed E-state index contributed by atoms with van der Waals surface area (Å²) in [6.45, 7) is 1.79. The zero-order valence-corrected chi connectivity index (χ0v) is 13.8. The Labute approximate surface area is 133 Å². The monoisotopic (exact) mass is 431 g/mol. The molecule has 0 aromatic heterocycles. The first-order valence-corrected chi connectivity index (χ1v) is 7.40. The van der Waals surface area contributed by atoms with Gasteiger partial charge in [0.15, 0.2) is 0 Å².